The Morgan fingerprint density at radius 1 is 1.32 bits per heavy atom. The number of rotatable bonds is 8. The number of benzene rings is 1. The van der Waals surface area contributed by atoms with Gasteiger partial charge in [0.2, 0.25) is 5.91 Å². The van der Waals surface area contributed by atoms with Gasteiger partial charge >= 0.3 is 0 Å². The molecule has 0 aliphatic heterocycles. The van der Waals surface area contributed by atoms with Crippen LogP contribution >= 0.6 is 39.9 Å². The van der Waals surface area contributed by atoms with Gasteiger partial charge in [-0.1, -0.05) is 22.0 Å². The first-order valence-corrected chi connectivity index (χ1v) is 8.89. The van der Waals surface area contributed by atoms with Crippen molar-refractivity contribution in [3.63, 3.8) is 0 Å². The zero-order valence-electron chi connectivity index (χ0n) is 14.9. The number of guanidine groups is 1. The number of carbonyl (C=O) groups excluding carboxylic acids is 1. The van der Waals surface area contributed by atoms with E-state index in [0.717, 1.165) is 17.4 Å². The summed E-state index contributed by atoms with van der Waals surface area (Å²) in [5.74, 6) is 0.560. The number of aryl methyl sites for hydroxylation is 1. The largest absolute Gasteiger partial charge is 0.357 e. The Morgan fingerprint density at radius 3 is 2.64 bits per heavy atom. The molecule has 0 spiro atoms. The molecule has 0 aromatic heterocycles. The van der Waals surface area contributed by atoms with E-state index >= 15 is 0 Å². The van der Waals surface area contributed by atoms with Gasteiger partial charge in [-0.15, -0.1) is 24.0 Å². The summed E-state index contributed by atoms with van der Waals surface area (Å²) in [4.78, 5) is 17.6. The Hall–Kier alpha value is -0.900. The van der Waals surface area contributed by atoms with E-state index in [9.17, 15) is 9.18 Å². The molecule has 25 heavy (non-hydrogen) atoms. The van der Waals surface area contributed by atoms with Crippen LogP contribution in [-0.4, -0.2) is 50.5 Å². The quantitative estimate of drug-likeness (QED) is 0.236. The summed E-state index contributed by atoms with van der Waals surface area (Å²) < 4.78 is 14.5. The van der Waals surface area contributed by atoms with Gasteiger partial charge in [-0.25, -0.2) is 4.39 Å². The van der Waals surface area contributed by atoms with Crippen LogP contribution < -0.4 is 10.6 Å². The molecule has 0 aliphatic carbocycles. The monoisotopic (exact) mass is 528 g/mol. The number of amides is 1. The molecule has 0 fully saturated rings. The van der Waals surface area contributed by atoms with Crippen molar-refractivity contribution < 1.29 is 9.18 Å². The van der Waals surface area contributed by atoms with Gasteiger partial charge < -0.3 is 15.5 Å². The van der Waals surface area contributed by atoms with E-state index in [1.807, 2.05) is 13.0 Å². The Morgan fingerprint density at radius 2 is 2.04 bits per heavy atom. The summed E-state index contributed by atoms with van der Waals surface area (Å²) in [7, 11) is 3.48. The number of carbonyl (C=O) groups is 1. The van der Waals surface area contributed by atoms with Gasteiger partial charge in [0.15, 0.2) is 5.96 Å². The normalized spacial score (nSPS) is 10.8. The predicted molar refractivity (Wildman–Crippen MR) is 115 cm³/mol. The van der Waals surface area contributed by atoms with E-state index in [4.69, 9.17) is 0 Å². The Kier molecular flexibility index (Phi) is 12.8. The van der Waals surface area contributed by atoms with E-state index in [1.54, 1.807) is 25.1 Å². The minimum atomic E-state index is -0.194. The molecule has 8 heteroatoms. The fraction of sp³-hybridized carbons (Fsp3) is 0.529. The van der Waals surface area contributed by atoms with Crippen molar-refractivity contribution in [1.82, 2.24) is 15.5 Å². The number of nitrogens with zero attached hydrogens (tertiary/aromatic N) is 2. The van der Waals surface area contributed by atoms with Crippen LogP contribution in [0.1, 0.15) is 25.3 Å². The first-order valence-electron chi connectivity index (χ1n) is 8.10. The highest BCUT2D eigenvalue weighted by atomic mass is 127. The zero-order chi connectivity index (χ0) is 17.9. The average Bonchev–Trinajstić information content (AvgIpc) is 2.52. The van der Waals surface area contributed by atoms with Crippen LogP contribution in [0.3, 0.4) is 0 Å². The molecule has 0 atom stereocenters. The molecule has 1 amide bonds. The molecule has 0 saturated heterocycles. The molecule has 0 radical (unpaired) electrons. The van der Waals surface area contributed by atoms with Gasteiger partial charge in [0.25, 0.3) is 0 Å². The summed E-state index contributed by atoms with van der Waals surface area (Å²) in [6.07, 6.45) is 1.81. The lowest BCUT2D eigenvalue weighted by Crippen LogP contribution is -2.39. The maximum atomic E-state index is 13.7. The van der Waals surface area contributed by atoms with Crippen LogP contribution in [0.4, 0.5) is 4.39 Å². The summed E-state index contributed by atoms with van der Waals surface area (Å²) >= 11 is 3.25. The molecule has 2 N–H and O–H groups in total. The average molecular weight is 529 g/mol. The third kappa shape index (κ3) is 9.98. The van der Waals surface area contributed by atoms with Gasteiger partial charge in [0.1, 0.15) is 5.82 Å². The zero-order valence-corrected chi connectivity index (χ0v) is 18.9. The molecule has 1 aromatic rings. The fourth-order valence-electron chi connectivity index (χ4n) is 2.04. The van der Waals surface area contributed by atoms with Crippen LogP contribution in [0, 0.1) is 5.82 Å². The summed E-state index contributed by atoms with van der Waals surface area (Å²) in [5.41, 5.74) is 0.697. The highest BCUT2D eigenvalue weighted by Crippen LogP contribution is 2.16. The second-order valence-corrected chi connectivity index (χ2v) is 6.48. The van der Waals surface area contributed by atoms with Gasteiger partial charge in [0.05, 0.1) is 0 Å². The Balaban J connectivity index is 0.00000576. The molecule has 1 rings (SSSR count). The number of nitrogens with one attached hydrogen (secondary N) is 2. The van der Waals surface area contributed by atoms with E-state index < -0.39 is 0 Å². The van der Waals surface area contributed by atoms with Crippen LogP contribution in [-0.2, 0) is 11.2 Å². The lowest BCUT2D eigenvalue weighted by atomic mass is 10.1. The second kappa shape index (κ2) is 13.3. The Labute approximate surface area is 175 Å². The first-order chi connectivity index (χ1) is 11.4. The molecule has 0 saturated carbocycles. The molecular formula is C17H27BrFIN4O. The predicted octanol–water partition coefficient (Wildman–Crippen LogP) is 3.17. The minimum absolute atomic E-state index is 0. The van der Waals surface area contributed by atoms with Crippen molar-refractivity contribution in [2.75, 3.05) is 33.7 Å². The molecule has 1 aromatic carbocycles. The number of aliphatic imine (C=N–C) groups is 1. The van der Waals surface area contributed by atoms with Gasteiger partial charge in [0, 0.05) is 44.6 Å². The van der Waals surface area contributed by atoms with Crippen LogP contribution in [0.15, 0.2) is 27.7 Å². The van der Waals surface area contributed by atoms with Gasteiger partial charge in [-0.2, -0.15) is 0 Å². The number of halogens is 3. The first kappa shape index (κ1) is 24.1. The third-order valence-corrected chi connectivity index (χ3v) is 3.86. The highest BCUT2D eigenvalue weighted by Gasteiger charge is 2.05. The molecule has 0 bridgehead atoms. The smallest absolute Gasteiger partial charge is 0.223 e. The topological polar surface area (TPSA) is 56.7 Å². The van der Waals surface area contributed by atoms with Crippen molar-refractivity contribution >= 4 is 51.8 Å². The standard InChI is InChI=1S/C17H26BrFN4O.HI/c1-4-20-17(22-11-9-16(24)23(2)3)21-10-5-6-13-7-8-14(18)12-15(13)19;/h7-8,12H,4-6,9-11H2,1-3H3,(H2,20,21,22);1H. The molecule has 0 unspecified atom stereocenters. The van der Waals surface area contributed by atoms with Crippen LogP contribution in [0.5, 0.6) is 0 Å². The second-order valence-electron chi connectivity index (χ2n) is 5.56. The van der Waals surface area contributed by atoms with E-state index in [0.29, 0.717) is 37.5 Å². The summed E-state index contributed by atoms with van der Waals surface area (Å²) in [5, 5.41) is 6.27. The maximum absolute atomic E-state index is 13.7. The van der Waals surface area contributed by atoms with Crippen molar-refractivity contribution in [2.24, 2.45) is 4.99 Å². The molecule has 0 heterocycles. The maximum Gasteiger partial charge on any atom is 0.223 e. The van der Waals surface area contributed by atoms with Crippen LogP contribution in [0.2, 0.25) is 0 Å². The fourth-order valence-corrected chi connectivity index (χ4v) is 2.37. The van der Waals surface area contributed by atoms with Gasteiger partial charge in [-0.05, 0) is 37.5 Å². The molecular weight excluding hydrogens is 502 g/mol. The van der Waals surface area contributed by atoms with E-state index in [-0.39, 0.29) is 35.7 Å². The van der Waals surface area contributed by atoms with Crippen molar-refractivity contribution in [2.45, 2.75) is 26.2 Å². The molecule has 0 aliphatic rings. The number of hydrogen-bond acceptors (Lipinski definition) is 2. The van der Waals surface area contributed by atoms with Crippen LogP contribution in [0.25, 0.3) is 0 Å². The Bertz CT molecular complexity index is 570. The lowest BCUT2D eigenvalue weighted by molar-refractivity contribution is -0.128. The third-order valence-electron chi connectivity index (χ3n) is 3.36. The lowest BCUT2D eigenvalue weighted by Gasteiger charge is -2.13. The summed E-state index contributed by atoms with van der Waals surface area (Å²) in [6, 6.07) is 5.11. The van der Waals surface area contributed by atoms with E-state index in [1.165, 1.54) is 6.07 Å². The number of hydrogen-bond donors (Lipinski definition) is 2. The summed E-state index contributed by atoms with van der Waals surface area (Å²) in [6.45, 7) is 3.85. The highest BCUT2D eigenvalue weighted by molar-refractivity contribution is 14.0. The van der Waals surface area contributed by atoms with Crippen molar-refractivity contribution in [3.8, 4) is 0 Å². The van der Waals surface area contributed by atoms with Crippen molar-refractivity contribution in [3.05, 3.63) is 34.1 Å². The van der Waals surface area contributed by atoms with E-state index in [2.05, 4.69) is 31.6 Å². The molecule has 5 nitrogen and oxygen atoms in total. The van der Waals surface area contributed by atoms with Crippen molar-refractivity contribution in [1.29, 1.82) is 0 Å². The SMILES string of the molecule is CCNC(=NCCCc1ccc(Br)cc1F)NCCC(=O)N(C)C.I. The van der Waals surface area contributed by atoms with Gasteiger partial charge in [-0.3, -0.25) is 9.79 Å². The minimum Gasteiger partial charge on any atom is -0.357 e. The molecule has 142 valence electrons.